The van der Waals surface area contributed by atoms with E-state index in [1.165, 1.54) is 4.90 Å². The van der Waals surface area contributed by atoms with Crippen LogP contribution >= 0.6 is 0 Å². The van der Waals surface area contributed by atoms with Crippen molar-refractivity contribution < 1.29 is 9.90 Å². The molecule has 0 heterocycles. The van der Waals surface area contributed by atoms with Gasteiger partial charge in [-0.3, -0.25) is 0 Å². The van der Waals surface area contributed by atoms with Gasteiger partial charge in [0.1, 0.15) is 0 Å². The van der Waals surface area contributed by atoms with Crippen molar-refractivity contribution in [3.05, 3.63) is 0 Å². The summed E-state index contributed by atoms with van der Waals surface area (Å²) in [4.78, 5) is 12.2. The Labute approximate surface area is 60.8 Å². The van der Waals surface area contributed by atoms with Crippen LogP contribution in [0.1, 0.15) is 6.92 Å². The molecule has 0 rings (SSSR count). The van der Waals surface area contributed by atoms with Gasteiger partial charge in [-0.05, 0) is 6.92 Å². The Morgan fingerprint density at radius 3 is 2.60 bits per heavy atom. The topological polar surface area (TPSA) is 52.6 Å². The molecule has 0 aliphatic rings. The van der Waals surface area contributed by atoms with Crippen molar-refractivity contribution in [3.63, 3.8) is 0 Å². The van der Waals surface area contributed by atoms with Gasteiger partial charge in [-0.15, -0.1) is 0 Å². The van der Waals surface area contributed by atoms with Crippen LogP contribution in [0.5, 0.6) is 0 Å². The summed E-state index contributed by atoms with van der Waals surface area (Å²) in [5, 5.41) is 11.3. The maximum absolute atomic E-state index is 10.8. The molecule has 1 atom stereocenters. The van der Waals surface area contributed by atoms with Crippen molar-refractivity contribution in [2.75, 3.05) is 20.6 Å². The molecular formula is C6H14N2O2. The number of nitrogens with one attached hydrogen (secondary N) is 1. The summed E-state index contributed by atoms with van der Waals surface area (Å²) in [5.41, 5.74) is 0. The molecule has 0 fully saturated rings. The fourth-order valence-electron chi connectivity index (χ4n) is 0.670. The van der Waals surface area contributed by atoms with Gasteiger partial charge >= 0.3 is 6.03 Å². The summed E-state index contributed by atoms with van der Waals surface area (Å²) in [6.45, 7) is 2.00. The van der Waals surface area contributed by atoms with Gasteiger partial charge in [0.15, 0.2) is 0 Å². The van der Waals surface area contributed by atoms with Gasteiger partial charge in [0.25, 0.3) is 0 Å². The van der Waals surface area contributed by atoms with E-state index < -0.39 is 6.10 Å². The van der Waals surface area contributed by atoms with Crippen molar-refractivity contribution in [3.8, 4) is 0 Å². The summed E-state index contributed by atoms with van der Waals surface area (Å²) in [7, 11) is 3.19. The minimum Gasteiger partial charge on any atom is -0.392 e. The van der Waals surface area contributed by atoms with Crippen LogP contribution in [0.15, 0.2) is 0 Å². The van der Waals surface area contributed by atoms with Crippen LogP contribution in [0, 0.1) is 0 Å². The monoisotopic (exact) mass is 146 g/mol. The number of hydrogen-bond donors (Lipinski definition) is 2. The number of nitrogens with zero attached hydrogens (tertiary/aromatic N) is 1. The molecule has 1 unspecified atom stereocenters. The Bertz CT molecular complexity index is 114. The number of urea groups is 1. The van der Waals surface area contributed by atoms with Crippen molar-refractivity contribution >= 4 is 6.03 Å². The van der Waals surface area contributed by atoms with E-state index in [2.05, 4.69) is 5.32 Å². The summed E-state index contributed by atoms with van der Waals surface area (Å²) < 4.78 is 0. The van der Waals surface area contributed by atoms with Crippen molar-refractivity contribution in [2.24, 2.45) is 0 Å². The van der Waals surface area contributed by atoms with E-state index in [0.29, 0.717) is 6.54 Å². The molecule has 0 saturated heterocycles. The zero-order valence-electron chi connectivity index (χ0n) is 6.59. The van der Waals surface area contributed by atoms with Crippen LogP contribution in [0.25, 0.3) is 0 Å². The lowest BCUT2D eigenvalue weighted by Crippen LogP contribution is -2.38. The lowest BCUT2D eigenvalue weighted by molar-refractivity contribution is 0.145. The quantitative estimate of drug-likeness (QED) is 0.559. The molecule has 4 heteroatoms. The van der Waals surface area contributed by atoms with E-state index in [1.807, 2.05) is 0 Å². The van der Waals surface area contributed by atoms with Crippen molar-refractivity contribution in [1.82, 2.24) is 10.2 Å². The first kappa shape index (κ1) is 9.23. The first-order valence-corrected chi connectivity index (χ1v) is 3.18. The molecule has 60 valence electrons. The second kappa shape index (κ2) is 4.11. The number of amides is 2. The highest BCUT2D eigenvalue weighted by Gasteiger charge is 2.07. The average molecular weight is 146 g/mol. The number of rotatable bonds is 2. The first-order valence-electron chi connectivity index (χ1n) is 3.18. The third-order valence-electron chi connectivity index (χ3n) is 1.10. The molecule has 0 spiro atoms. The van der Waals surface area contributed by atoms with E-state index in [0.717, 1.165) is 0 Å². The normalized spacial score (nSPS) is 12.4. The van der Waals surface area contributed by atoms with Gasteiger partial charge in [-0.1, -0.05) is 0 Å². The highest BCUT2D eigenvalue weighted by atomic mass is 16.3. The molecule has 0 bridgehead atoms. The molecule has 0 aliphatic heterocycles. The molecule has 0 aromatic carbocycles. The third kappa shape index (κ3) is 3.29. The van der Waals surface area contributed by atoms with Gasteiger partial charge in [-0.2, -0.15) is 0 Å². The number of carbonyl (C=O) groups excluding carboxylic acids is 1. The lowest BCUT2D eigenvalue weighted by atomic mass is 10.4. The molecular weight excluding hydrogens is 132 g/mol. The van der Waals surface area contributed by atoms with E-state index >= 15 is 0 Å². The second-order valence-corrected chi connectivity index (χ2v) is 2.28. The highest BCUT2D eigenvalue weighted by molar-refractivity contribution is 5.73. The number of likely N-dealkylation sites (N-methyl/N-ethyl adjacent to an activating group) is 1. The summed E-state index contributed by atoms with van der Waals surface area (Å²) >= 11 is 0. The zero-order valence-corrected chi connectivity index (χ0v) is 6.59. The van der Waals surface area contributed by atoms with E-state index in [-0.39, 0.29) is 6.03 Å². The van der Waals surface area contributed by atoms with Crippen LogP contribution in [0.3, 0.4) is 0 Å². The molecule has 0 saturated carbocycles. The van der Waals surface area contributed by atoms with Crippen LogP contribution in [0.4, 0.5) is 4.79 Å². The molecule has 0 radical (unpaired) electrons. The maximum Gasteiger partial charge on any atom is 0.316 e. The SMILES string of the molecule is CNC(=O)N(C)CC(C)O. The Kier molecular flexibility index (Phi) is 3.79. The molecule has 0 aromatic heterocycles. The van der Waals surface area contributed by atoms with Crippen LogP contribution in [-0.4, -0.2) is 42.8 Å². The molecule has 0 aromatic rings. The standard InChI is InChI=1S/C6H14N2O2/c1-5(9)4-8(3)6(10)7-2/h5,9H,4H2,1-3H3,(H,7,10). The van der Waals surface area contributed by atoms with Gasteiger partial charge in [0.05, 0.1) is 6.10 Å². The highest BCUT2D eigenvalue weighted by Crippen LogP contribution is 1.87. The molecule has 2 amide bonds. The Morgan fingerprint density at radius 2 is 2.30 bits per heavy atom. The number of aliphatic hydroxyl groups excluding tert-OH is 1. The minimum atomic E-state index is -0.470. The van der Waals surface area contributed by atoms with E-state index in [9.17, 15) is 4.79 Å². The minimum absolute atomic E-state index is 0.180. The van der Waals surface area contributed by atoms with Gasteiger partial charge in [0.2, 0.25) is 0 Å². The fourth-order valence-corrected chi connectivity index (χ4v) is 0.670. The smallest absolute Gasteiger partial charge is 0.316 e. The summed E-state index contributed by atoms with van der Waals surface area (Å²) in [6.07, 6.45) is -0.470. The van der Waals surface area contributed by atoms with Crippen LogP contribution in [0.2, 0.25) is 0 Å². The largest absolute Gasteiger partial charge is 0.392 e. The van der Waals surface area contributed by atoms with Gasteiger partial charge in [-0.25, -0.2) is 4.79 Å². The number of aliphatic hydroxyl groups is 1. The van der Waals surface area contributed by atoms with Gasteiger partial charge < -0.3 is 15.3 Å². The molecule has 0 aliphatic carbocycles. The predicted octanol–water partition coefficient (Wildman–Crippen LogP) is -0.362. The fraction of sp³-hybridized carbons (Fsp3) is 0.833. The number of hydrogen-bond acceptors (Lipinski definition) is 2. The zero-order chi connectivity index (χ0) is 8.15. The Hall–Kier alpha value is -0.770. The van der Waals surface area contributed by atoms with Crippen LogP contribution in [-0.2, 0) is 0 Å². The second-order valence-electron chi connectivity index (χ2n) is 2.28. The molecule has 2 N–H and O–H groups in total. The lowest BCUT2D eigenvalue weighted by Gasteiger charge is -2.17. The Balaban J connectivity index is 3.61. The molecule has 4 nitrogen and oxygen atoms in total. The number of carbonyl (C=O) groups is 1. The summed E-state index contributed by atoms with van der Waals surface area (Å²) in [6, 6.07) is -0.180. The predicted molar refractivity (Wildman–Crippen MR) is 38.8 cm³/mol. The third-order valence-corrected chi connectivity index (χ3v) is 1.10. The molecule has 10 heavy (non-hydrogen) atoms. The maximum atomic E-state index is 10.8. The van der Waals surface area contributed by atoms with Gasteiger partial charge in [0, 0.05) is 20.6 Å². The average Bonchev–Trinajstić information content (AvgIpc) is 1.85. The first-order chi connectivity index (χ1) is 4.57. The summed E-state index contributed by atoms with van der Waals surface area (Å²) in [5.74, 6) is 0. The van der Waals surface area contributed by atoms with E-state index in [1.54, 1.807) is 21.0 Å². The van der Waals surface area contributed by atoms with Crippen LogP contribution < -0.4 is 5.32 Å². The van der Waals surface area contributed by atoms with Crippen molar-refractivity contribution in [2.45, 2.75) is 13.0 Å². The van der Waals surface area contributed by atoms with E-state index in [4.69, 9.17) is 5.11 Å². The Morgan fingerprint density at radius 1 is 1.80 bits per heavy atom. The van der Waals surface area contributed by atoms with Crippen molar-refractivity contribution in [1.29, 1.82) is 0 Å².